The standard InChI is InChI=1S/C15H25N3O2S/c1-11-3-2-4-12(11)8-18-21(19,20)15-7-14(17-10-15)9-16-13-5-6-13/h7,10-13,16-18H,2-6,8-9H2,1H3. The highest BCUT2D eigenvalue weighted by Crippen LogP contribution is 2.30. The zero-order valence-corrected chi connectivity index (χ0v) is 13.4. The van der Waals surface area contributed by atoms with E-state index in [1.54, 1.807) is 12.3 Å². The minimum absolute atomic E-state index is 0.348. The van der Waals surface area contributed by atoms with E-state index in [-0.39, 0.29) is 0 Å². The minimum atomic E-state index is -3.38. The average molecular weight is 311 g/mol. The van der Waals surface area contributed by atoms with Crippen LogP contribution < -0.4 is 10.0 Å². The molecule has 2 aliphatic carbocycles. The monoisotopic (exact) mass is 311 g/mol. The van der Waals surface area contributed by atoms with E-state index in [1.165, 1.54) is 25.7 Å². The van der Waals surface area contributed by atoms with Crippen molar-refractivity contribution in [3.05, 3.63) is 18.0 Å². The Balaban J connectivity index is 1.55. The fraction of sp³-hybridized carbons (Fsp3) is 0.733. The van der Waals surface area contributed by atoms with Gasteiger partial charge in [-0.05, 0) is 37.2 Å². The molecule has 2 fully saturated rings. The molecule has 0 amide bonds. The molecule has 0 aromatic carbocycles. The molecule has 5 nitrogen and oxygen atoms in total. The Morgan fingerprint density at radius 1 is 1.29 bits per heavy atom. The summed E-state index contributed by atoms with van der Waals surface area (Å²) in [4.78, 5) is 3.40. The Bertz CT molecular complexity index is 577. The molecule has 3 N–H and O–H groups in total. The van der Waals surface area contributed by atoms with E-state index in [2.05, 4.69) is 21.9 Å². The first-order chi connectivity index (χ1) is 10.0. The van der Waals surface area contributed by atoms with Crippen LogP contribution in [0.1, 0.15) is 44.7 Å². The van der Waals surface area contributed by atoms with Gasteiger partial charge in [0.05, 0.1) is 4.90 Å². The van der Waals surface area contributed by atoms with Gasteiger partial charge in [-0.25, -0.2) is 13.1 Å². The zero-order chi connectivity index (χ0) is 14.9. The summed E-state index contributed by atoms with van der Waals surface area (Å²) in [6.07, 6.45) is 7.61. The van der Waals surface area contributed by atoms with Gasteiger partial charge in [-0.1, -0.05) is 19.8 Å². The molecule has 0 aliphatic heterocycles. The molecule has 0 bridgehead atoms. The van der Waals surface area contributed by atoms with Gasteiger partial charge in [-0.15, -0.1) is 0 Å². The van der Waals surface area contributed by atoms with Gasteiger partial charge < -0.3 is 10.3 Å². The van der Waals surface area contributed by atoms with Crippen LogP contribution in [0.3, 0.4) is 0 Å². The van der Waals surface area contributed by atoms with Crippen LogP contribution in [0.2, 0.25) is 0 Å². The Labute approximate surface area is 127 Å². The van der Waals surface area contributed by atoms with E-state index in [0.29, 0.717) is 35.9 Å². The van der Waals surface area contributed by atoms with Crippen molar-refractivity contribution < 1.29 is 8.42 Å². The smallest absolute Gasteiger partial charge is 0.242 e. The van der Waals surface area contributed by atoms with Crippen molar-refractivity contribution in [2.75, 3.05) is 6.54 Å². The lowest BCUT2D eigenvalue weighted by Gasteiger charge is -2.15. The number of aromatic nitrogens is 1. The van der Waals surface area contributed by atoms with Crippen molar-refractivity contribution in [1.29, 1.82) is 0 Å². The number of hydrogen-bond acceptors (Lipinski definition) is 3. The van der Waals surface area contributed by atoms with Crippen molar-refractivity contribution in [1.82, 2.24) is 15.0 Å². The molecule has 6 heteroatoms. The number of hydrogen-bond donors (Lipinski definition) is 3. The van der Waals surface area contributed by atoms with Crippen LogP contribution >= 0.6 is 0 Å². The van der Waals surface area contributed by atoms with Gasteiger partial charge in [0, 0.05) is 31.0 Å². The van der Waals surface area contributed by atoms with Gasteiger partial charge >= 0.3 is 0 Å². The number of sulfonamides is 1. The van der Waals surface area contributed by atoms with Crippen LogP contribution in [0.4, 0.5) is 0 Å². The summed E-state index contributed by atoms with van der Waals surface area (Å²) < 4.78 is 27.4. The Morgan fingerprint density at radius 2 is 2.10 bits per heavy atom. The van der Waals surface area contributed by atoms with Gasteiger partial charge in [0.25, 0.3) is 0 Å². The van der Waals surface area contributed by atoms with E-state index in [9.17, 15) is 8.42 Å². The maximum Gasteiger partial charge on any atom is 0.242 e. The Morgan fingerprint density at radius 3 is 2.76 bits per heavy atom. The molecule has 118 valence electrons. The molecule has 21 heavy (non-hydrogen) atoms. The molecule has 3 rings (SSSR count). The zero-order valence-electron chi connectivity index (χ0n) is 12.6. The summed E-state index contributed by atoms with van der Waals surface area (Å²) >= 11 is 0. The summed E-state index contributed by atoms with van der Waals surface area (Å²) in [6, 6.07) is 2.35. The molecule has 2 saturated carbocycles. The largest absolute Gasteiger partial charge is 0.363 e. The van der Waals surface area contributed by atoms with Gasteiger partial charge in [-0.2, -0.15) is 0 Å². The molecule has 1 heterocycles. The SMILES string of the molecule is CC1CCCC1CNS(=O)(=O)c1c[nH]c(CNC2CC2)c1. The molecular weight excluding hydrogens is 286 g/mol. The number of rotatable bonds is 7. The molecule has 0 radical (unpaired) electrons. The lowest BCUT2D eigenvalue weighted by Crippen LogP contribution is -2.30. The number of nitrogens with one attached hydrogen (secondary N) is 3. The van der Waals surface area contributed by atoms with Crippen LogP contribution in [-0.4, -0.2) is 26.0 Å². The van der Waals surface area contributed by atoms with Crippen LogP contribution in [0.5, 0.6) is 0 Å². The average Bonchev–Trinajstić information content (AvgIpc) is 2.98. The van der Waals surface area contributed by atoms with E-state index in [0.717, 1.165) is 12.1 Å². The van der Waals surface area contributed by atoms with Gasteiger partial charge in [-0.3, -0.25) is 0 Å². The van der Waals surface area contributed by atoms with Crippen molar-refractivity contribution >= 4 is 10.0 Å². The van der Waals surface area contributed by atoms with Crippen molar-refractivity contribution in [3.8, 4) is 0 Å². The molecule has 2 atom stereocenters. The minimum Gasteiger partial charge on any atom is -0.363 e. The lowest BCUT2D eigenvalue weighted by molar-refractivity contribution is 0.414. The third-order valence-corrected chi connectivity index (χ3v) is 6.16. The molecule has 0 spiro atoms. The number of H-pyrrole nitrogens is 1. The van der Waals surface area contributed by atoms with Crippen molar-refractivity contribution in [3.63, 3.8) is 0 Å². The molecular formula is C15H25N3O2S. The van der Waals surface area contributed by atoms with E-state index in [4.69, 9.17) is 0 Å². The second kappa shape index (κ2) is 6.10. The highest BCUT2D eigenvalue weighted by atomic mass is 32.2. The lowest BCUT2D eigenvalue weighted by atomic mass is 9.99. The fourth-order valence-electron chi connectivity index (χ4n) is 3.04. The molecule has 2 unspecified atom stereocenters. The molecule has 0 saturated heterocycles. The third-order valence-electron chi connectivity index (χ3n) is 4.76. The third kappa shape index (κ3) is 3.87. The van der Waals surface area contributed by atoms with Crippen LogP contribution in [-0.2, 0) is 16.6 Å². The second-order valence-electron chi connectivity index (χ2n) is 6.54. The normalized spacial score (nSPS) is 26.3. The maximum absolute atomic E-state index is 12.3. The summed E-state index contributed by atoms with van der Waals surface area (Å²) in [7, 11) is -3.38. The Hall–Kier alpha value is -0.850. The Kier molecular flexibility index (Phi) is 4.38. The van der Waals surface area contributed by atoms with Crippen molar-refractivity contribution in [2.45, 2.75) is 56.5 Å². The first kappa shape index (κ1) is 15.1. The van der Waals surface area contributed by atoms with E-state index >= 15 is 0 Å². The van der Waals surface area contributed by atoms with Gasteiger partial charge in [0.1, 0.15) is 0 Å². The maximum atomic E-state index is 12.3. The van der Waals surface area contributed by atoms with Crippen LogP contribution in [0, 0.1) is 11.8 Å². The summed E-state index contributed by atoms with van der Waals surface area (Å²) in [6.45, 7) is 3.48. The summed E-state index contributed by atoms with van der Waals surface area (Å²) in [5.41, 5.74) is 0.927. The second-order valence-corrected chi connectivity index (χ2v) is 8.30. The molecule has 1 aromatic rings. The first-order valence-electron chi connectivity index (χ1n) is 7.95. The quantitative estimate of drug-likeness (QED) is 0.721. The topological polar surface area (TPSA) is 74.0 Å². The molecule has 2 aliphatic rings. The van der Waals surface area contributed by atoms with Gasteiger partial charge in [0.2, 0.25) is 10.0 Å². The van der Waals surface area contributed by atoms with E-state index < -0.39 is 10.0 Å². The molecule has 1 aromatic heterocycles. The predicted molar refractivity (Wildman–Crippen MR) is 82.3 cm³/mol. The first-order valence-corrected chi connectivity index (χ1v) is 9.43. The van der Waals surface area contributed by atoms with Crippen LogP contribution in [0.25, 0.3) is 0 Å². The van der Waals surface area contributed by atoms with Crippen molar-refractivity contribution in [2.24, 2.45) is 11.8 Å². The van der Waals surface area contributed by atoms with Gasteiger partial charge in [0.15, 0.2) is 0 Å². The predicted octanol–water partition coefficient (Wildman–Crippen LogP) is 1.98. The van der Waals surface area contributed by atoms with Crippen LogP contribution in [0.15, 0.2) is 17.2 Å². The summed E-state index contributed by atoms with van der Waals surface area (Å²) in [5.74, 6) is 1.10. The highest BCUT2D eigenvalue weighted by Gasteiger charge is 2.26. The highest BCUT2D eigenvalue weighted by molar-refractivity contribution is 7.89. The summed E-state index contributed by atoms with van der Waals surface area (Å²) in [5, 5.41) is 3.37. The van der Waals surface area contributed by atoms with E-state index in [1.807, 2.05) is 0 Å². The fourth-order valence-corrected chi connectivity index (χ4v) is 4.16. The number of aromatic amines is 1.